The molecule has 0 atom stereocenters. The second-order valence-electron chi connectivity index (χ2n) is 8.40. The molecule has 1 aromatic heterocycles. The lowest BCUT2D eigenvalue weighted by molar-refractivity contribution is -0.869. The van der Waals surface area contributed by atoms with Crippen LogP contribution in [0.4, 0.5) is 0 Å². The van der Waals surface area contributed by atoms with Crippen molar-refractivity contribution in [1.82, 2.24) is 4.57 Å². The molecule has 33 heavy (non-hydrogen) atoms. The van der Waals surface area contributed by atoms with Gasteiger partial charge >= 0.3 is 5.91 Å². The van der Waals surface area contributed by atoms with Crippen LogP contribution in [-0.4, -0.2) is 47.4 Å². The summed E-state index contributed by atoms with van der Waals surface area (Å²) in [7, 11) is -1.81. The van der Waals surface area contributed by atoms with Gasteiger partial charge in [-0.2, -0.15) is 0 Å². The molecule has 1 saturated heterocycles. The number of benzene rings is 2. The van der Waals surface area contributed by atoms with Gasteiger partial charge in [-0.15, -0.1) is 4.59 Å². The fourth-order valence-electron chi connectivity index (χ4n) is 4.19. The van der Waals surface area contributed by atoms with Crippen LogP contribution in [0.15, 0.2) is 52.6 Å². The van der Waals surface area contributed by atoms with Crippen molar-refractivity contribution in [1.29, 1.82) is 0 Å². The van der Waals surface area contributed by atoms with E-state index in [1.54, 1.807) is 47.2 Å². The highest BCUT2D eigenvalue weighted by atomic mass is 35.5. The van der Waals surface area contributed by atoms with Crippen molar-refractivity contribution in [2.45, 2.75) is 37.2 Å². The van der Waals surface area contributed by atoms with Crippen molar-refractivity contribution in [2.24, 2.45) is 12.1 Å². The summed E-state index contributed by atoms with van der Waals surface area (Å²) in [5.74, 6) is -0.455. The molecule has 0 radical (unpaired) electrons. The number of hydrogen-bond donors (Lipinski definition) is 1. The van der Waals surface area contributed by atoms with Gasteiger partial charge in [0.2, 0.25) is 4.80 Å². The number of halogens is 1. The molecule has 4 rings (SSSR count). The van der Waals surface area contributed by atoms with Crippen molar-refractivity contribution in [2.75, 3.05) is 18.8 Å². The molecule has 0 spiro atoms. The standard InChI is InChI=1S/C23H27ClN3O4S2/c1-26-15-20(16-28)32-23(26)25-27(10-3-2-4-11-27)22(29)9-12-33(30,31)21-8-6-17-13-19(24)7-5-18(17)14-21/h5-8,13-15,28H,2-4,9-12,16H2,1H3/q+1. The van der Waals surface area contributed by atoms with Crippen LogP contribution in [0.3, 0.4) is 0 Å². The van der Waals surface area contributed by atoms with Crippen LogP contribution in [0.1, 0.15) is 30.6 Å². The fourth-order valence-corrected chi connectivity index (χ4v) is 6.54. The number of aliphatic hydroxyl groups excluding tert-OH is 1. The molecule has 0 aliphatic carbocycles. The lowest BCUT2D eigenvalue weighted by Crippen LogP contribution is -2.53. The third-order valence-electron chi connectivity index (χ3n) is 6.03. The zero-order valence-corrected chi connectivity index (χ0v) is 20.8. The number of aliphatic hydroxyl groups is 1. The minimum atomic E-state index is -3.64. The molecule has 1 aliphatic rings. The van der Waals surface area contributed by atoms with E-state index in [-0.39, 0.29) is 34.2 Å². The van der Waals surface area contributed by atoms with E-state index in [1.165, 1.54) is 11.3 Å². The lowest BCUT2D eigenvalue weighted by atomic mass is 10.1. The highest BCUT2D eigenvalue weighted by molar-refractivity contribution is 7.91. The Morgan fingerprint density at radius 1 is 1.15 bits per heavy atom. The molecule has 1 amide bonds. The van der Waals surface area contributed by atoms with Gasteiger partial charge in [0.15, 0.2) is 9.84 Å². The fraction of sp³-hybridized carbons (Fsp3) is 0.391. The zero-order chi connectivity index (χ0) is 23.6. The summed E-state index contributed by atoms with van der Waals surface area (Å²) in [6.45, 7) is 1.03. The monoisotopic (exact) mass is 508 g/mol. The average Bonchev–Trinajstić information content (AvgIpc) is 3.16. The smallest absolute Gasteiger partial charge is 0.340 e. The number of piperidine rings is 1. The molecule has 176 valence electrons. The highest BCUT2D eigenvalue weighted by Crippen LogP contribution is 2.25. The summed E-state index contributed by atoms with van der Waals surface area (Å²) in [6.07, 6.45) is 4.44. The van der Waals surface area contributed by atoms with Gasteiger partial charge in [0.1, 0.15) is 13.1 Å². The number of aromatic nitrogens is 1. The minimum Gasteiger partial charge on any atom is -0.391 e. The molecule has 2 heterocycles. The molecule has 2 aromatic carbocycles. The summed E-state index contributed by atoms with van der Waals surface area (Å²) < 4.78 is 27.8. The van der Waals surface area contributed by atoms with Crippen molar-refractivity contribution in [3.05, 3.63) is 57.3 Å². The highest BCUT2D eigenvalue weighted by Gasteiger charge is 2.39. The number of nitrogens with zero attached hydrogens (tertiary/aromatic N) is 3. The molecule has 3 aromatic rings. The molecule has 1 aliphatic heterocycles. The van der Waals surface area contributed by atoms with Crippen LogP contribution >= 0.6 is 22.9 Å². The predicted molar refractivity (Wildman–Crippen MR) is 129 cm³/mol. The van der Waals surface area contributed by atoms with Gasteiger partial charge in [0.25, 0.3) is 0 Å². The van der Waals surface area contributed by atoms with Gasteiger partial charge in [-0.25, -0.2) is 13.2 Å². The maximum Gasteiger partial charge on any atom is 0.340 e. The van der Waals surface area contributed by atoms with E-state index in [9.17, 15) is 18.3 Å². The Hall–Kier alpha value is -2.04. The van der Waals surface area contributed by atoms with E-state index in [4.69, 9.17) is 16.7 Å². The Balaban J connectivity index is 1.58. The van der Waals surface area contributed by atoms with Gasteiger partial charge < -0.3 is 9.67 Å². The number of aryl methyl sites for hydroxylation is 1. The molecule has 7 nitrogen and oxygen atoms in total. The molecule has 0 saturated carbocycles. The van der Waals surface area contributed by atoms with Crippen molar-refractivity contribution < 1.29 is 22.9 Å². The number of thiazole rings is 1. The summed E-state index contributed by atoms with van der Waals surface area (Å²) in [4.78, 5) is 15.0. The number of carbonyl (C=O) groups is 1. The van der Waals surface area contributed by atoms with Gasteiger partial charge in [0.05, 0.1) is 28.6 Å². The maximum atomic E-state index is 13.4. The predicted octanol–water partition coefficient (Wildman–Crippen LogP) is 3.59. The van der Waals surface area contributed by atoms with Gasteiger partial charge in [-0.3, -0.25) is 0 Å². The van der Waals surface area contributed by atoms with Crippen molar-refractivity contribution in [3.63, 3.8) is 0 Å². The van der Waals surface area contributed by atoms with Gasteiger partial charge in [0, 0.05) is 18.3 Å². The Bertz CT molecular complexity index is 1360. The summed E-state index contributed by atoms with van der Waals surface area (Å²) in [5.41, 5.74) is 0. The number of fused-ring (bicyclic) bond motifs is 1. The van der Waals surface area contributed by atoms with Crippen molar-refractivity contribution >= 4 is 49.5 Å². The number of rotatable bonds is 6. The summed E-state index contributed by atoms with van der Waals surface area (Å²) in [5, 5.41) is 16.5. The van der Waals surface area contributed by atoms with E-state index < -0.39 is 9.84 Å². The van der Waals surface area contributed by atoms with Crippen LogP contribution < -0.4 is 4.80 Å². The SMILES string of the molecule is Cn1cc(CO)sc1=N[N+]1(C(=O)CCS(=O)(=O)c2ccc3cc(Cl)ccc3c2)CCCCC1. The van der Waals surface area contributed by atoms with Crippen LogP contribution in [0.2, 0.25) is 5.02 Å². The molecule has 0 bridgehead atoms. The Morgan fingerprint density at radius 2 is 1.85 bits per heavy atom. The minimum absolute atomic E-state index is 0.0851. The molecule has 0 unspecified atom stereocenters. The number of carbonyl (C=O) groups excluding carboxylic acids is 1. The zero-order valence-electron chi connectivity index (χ0n) is 18.4. The first-order chi connectivity index (χ1) is 15.7. The van der Waals surface area contributed by atoms with Crippen LogP contribution in [0, 0.1) is 0 Å². The lowest BCUT2D eigenvalue weighted by Gasteiger charge is -2.32. The molecule has 1 fully saturated rings. The van der Waals surface area contributed by atoms with Gasteiger partial charge in [-0.1, -0.05) is 35.1 Å². The number of quaternary nitrogens is 1. The second kappa shape index (κ2) is 9.68. The van der Waals surface area contributed by atoms with E-state index in [0.29, 0.717) is 22.9 Å². The van der Waals surface area contributed by atoms with E-state index in [2.05, 4.69) is 0 Å². The summed E-state index contributed by atoms with van der Waals surface area (Å²) in [6, 6.07) is 10.2. The Labute approximate surface area is 202 Å². The van der Waals surface area contributed by atoms with Crippen LogP contribution in [-0.2, 0) is 28.3 Å². The molecule has 1 N–H and O–H groups in total. The first-order valence-corrected chi connectivity index (χ1v) is 13.7. The van der Waals surface area contributed by atoms with Crippen LogP contribution in [0.5, 0.6) is 0 Å². The molecular weight excluding hydrogens is 482 g/mol. The number of likely N-dealkylation sites (tertiary alicyclic amines) is 1. The van der Waals surface area contributed by atoms with Gasteiger partial charge in [-0.05, 0) is 59.4 Å². The van der Waals surface area contributed by atoms with E-state index >= 15 is 0 Å². The van der Waals surface area contributed by atoms with E-state index in [1.807, 2.05) is 7.05 Å². The summed E-state index contributed by atoms with van der Waals surface area (Å²) >= 11 is 7.36. The maximum absolute atomic E-state index is 13.4. The third-order valence-corrected chi connectivity index (χ3v) is 9.03. The largest absolute Gasteiger partial charge is 0.391 e. The number of hydrogen-bond acceptors (Lipinski definition) is 6. The first kappa shape index (κ1) is 24.1. The average molecular weight is 509 g/mol. The topological polar surface area (TPSA) is 88.7 Å². The number of amides is 1. The second-order valence-corrected chi connectivity index (χ2v) is 12.0. The normalized spacial score (nSPS) is 16.9. The quantitative estimate of drug-likeness (QED) is 0.515. The molecular formula is C23H27ClN3O4S2+. The Kier molecular flexibility index (Phi) is 7.07. The van der Waals surface area contributed by atoms with E-state index in [0.717, 1.165) is 34.9 Å². The first-order valence-electron chi connectivity index (χ1n) is 10.9. The third kappa shape index (κ3) is 5.22. The Morgan fingerprint density at radius 3 is 2.55 bits per heavy atom. The van der Waals surface area contributed by atoms with Crippen LogP contribution in [0.25, 0.3) is 10.8 Å². The van der Waals surface area contributed by atoms with Crippen molar-refractivity contribution in [3.8, 4) is 0 Å². The molecule has 10 heteroatoms. The number of sulfone groups is 1.